The van der Waals surface area contributed by atoms with E-state index in [9.17, 15) is 0 Å². The minimum atomic E-state index is 0.519. The quantitative estimate of drug-likeness (QED) is 0.700. The van der Waals surface area contributed by atoms with E-state index in [-0.39, 0.29) is 0 Å². The summed E-state index contributed by atoms with van der Waals surface area (Å²) in [5, 5.41) is 0. The van der Waals surface area contributed by atoms with Gasteiger partial charge in [-0.3, -0.25) is 0 Å². The van der Waals surface area contributed by atoms with Gasteiger partial charge in [-0.15, -0.1) is 0 Å². The summed E-state index contributed by atoms with van der Waals surface area (Å²) in [6, 6.07) is 15.1. The van der Waals surface area contributed by atoms with Crippen molar-refractivity contribution >= 4 is 0 Å². The van der Waals surface area contributed by atoms with Crippen molar-refractivity contribution in [3.8, 4) is 16.9 Å². The Morgan fingerprint density at radius 1 is 0.750 bits per heavy atom. The van der Waals surface area contributed by atoms with Gasteiger partial charge in [0.05, 0.1) is 7.11 Å². The van der Waals surface area contributed by atoms with Gasteiger partial charge < -0.3 is 4.74 Å². The molecule has 0 saturated carbocycles. The van der Waals surface area contributed by atoms with Crippen LogP contribution >= 0.6 is 0 Å². The van der Waals surface area contributed by atoms with Crippen LogP contribution in [0.5, 0.6) is 5.75 Å². The van der Waals surface area contributed by atoms with Gasteiger partial charge in [-0.1, -0.05) is 58.0 Å². The zero-order valence-electron chi connectivity index (χ0n) is 13.1. The highest BCUT2D eigenvalue weighted by atomic mass is 16.5. The Balaban J connectivity index is 2.62. The molecule has 1 heteroatoms. The average Bonchev–Trinajstić information content (AvgIpc) is 2.46. The Kier molecular flexibility index (Phi) is 4.49. The highest BCUT2D eigenvalue weighted by Crippen LogP contribution is 2.36. The molecule has 0 aromatic heterocycles. The summed E-state index contributed by atoms with van der Waals surface area (Å²) < 4.78 is 5.26. The van der Waals surface area contributed by atoms with E-state index in [4.69, 9.17) is 4.74 Å². The van der Waals surface area contributed by atoms with Gasteiger partial charge >= 0.3 is 0 Å². The summed E-state index contributed by atoms with van der Waals surface area (Å²) in [6.45, 7) is 9.03. The monoisotopic (exact) mass is 268 g/mol. The zero-order chi connectivity index (χ0) is 14.7. The van der Waals surface area contributed by atoms with Crippen LogP contribution in [0.4, 0.5) is 0 Å². The average molecular weight is 268 g/mol. The Hall–Kier alpha value is -1.76. The zero-order valence-corrected chi connectivity index (χ0v) is 13.1. The maximum atomic E-state index is 5.26. The Morgan fingerprint density at radius 2 is 1.25 bits per heavy atom. The summed E-state index contributed by atoms with van der Waals surface area (Å²) in [5.74, 6) is 1.94. The first-order valence-corrected chi connectivity index (χ1v) is 7.31. The number of hydrogen-bond acceptors (Lipinski definition) is 1. The van der Waals surface area contributed by atoms with Gasteiger partial charge in [0.1, 0.15) is 5.75 Å². The topological polar surface area (TPSA) is 9.23 Å². The molecule has 106 valence electrons. The van der Waals surface area contributed by atoms with Crippen LogP contribution in [0.3, 0.4) is 0 Å². The smallest absolute Gasteiger partial charge is 0.118 e. The minimum absolute atomic E-state index is 0.519. The van der Waals surface area contributed by atoms with E-state index >= 15 is 0 Å². The van der Waals surface area contributed by atoms with Crippen LogP contribution in [0, 0.1) is 0 Å². The van der Waals surface area contributed by atoms with E-state index in [0.29, 0.717) is 11.8 Å². The first-order chi connectivity index (χ1) is 9.54. The molecule has 0 bridgehead atoms. The van der Waals surface area contributed by atoms with Gasteiger partial charge in [0.15, 0.2) is 0 Å². The van der Waals surface area contributed by atoms with Crippen molar-refractivity contribution in [2.24, 2.45) is 0 Å². The number of methoxy groups -OCH3 is 1. The molecule has 0 saturated heterocycles. The Bertz CT molecular complexity index is 539. The van der Waals surface area contributed by atoms with Crippen molar-refractivity contribution < 1.29 is 4.74 Å². The largest absolute Gasteiger partial charge is 0.497 e. The van der Waals surface area contributed by atoms with Gasteiger partial charge in [0.2, 0.25) is 0 Å². The van der Waals surface area contributed by atoms with Crippen LogP contribution in [0.15, 0.2) is 42.5 Å². The van der Waals surface area contributed by atoms with Crippen molar-refractivity contribution in [3.63, 3.8) is 0 Å². The Morgan fingerprint density at radius 3 is 1.65 bits per heavy atom. The van der Waals surface area contributed by atoms with Gasteiger partial charge in [-0.05, 0) is 46.2 Å². The fourth-order valence-corrected chi connectivity index (χ4v) is 2.64. The lowest BCUT2D eigenvalue weighted by molar-refractivity contribution is 0.415. The van der Waals surface area contributed by atoms with Crippen LogP contribution < -0.4 is 4.74 Å². The number of ether oxygens (including phenoxy) is 1. The predicted molar refractivity (Wildman–Crippen MR) is 86.6 cm³/mol. The van der Waals surface area contributed by atoms with Crippen LogP contribution in [-0.2, 0) is 0 Å². The molecule has 0 heterocycles. The molecule has 2 aromatic rings. The van der Waals surface area contributed by atoms with E-state index in [1.54, 1.807) is 7.11 Å². The highest BCUT2D eigenvalue weighted by molar-refractivity contribution is 5.73. The lowest BCUT2D eigenvalue weighted by Gasteiger charge is -2.20. The molecule has 0 atom stereocenters. The molecule has 2 aromatic carbocycles. The predicted octanol–water partition coefficient (Wildman–Crippen LogP) is 5.61. The molecule has 0 N–H and O–H groups in total. The van der Waals surface area contributed by atoms with Crippen molar-refractivity contribution in [3.05, 3.63) is 53.6 Å². The SMILES string of the molecule is COc1ccc(-c2c(C(C)C)cccc2C(C)C)cc1. The van der Waals surface area contributed by atoms with E-state index < -0.39 is 0 Å². The van der Waals surface area contributed by atoms with Crippen molar-refractivity contribution in [2.75, 3.05) is 7.11 Å². The van der Waals surface area contributed by atoms with E-state index in [0.717, 1.165) is 5.75 Å². The fourth-order valence-electron chi connectivity index (χ4n) is 2.64. The summed E-state index contributed by atoms with van der Waals surface area (Å²) in [5.41, 5.74) is 5.50. The highest BCUT2D eigenvalue weighted by Gasteiger charge is 2.15. The van der Waals surface area contributed by atoms with Crippen LogP contribution in [0.25, 0.3) is 11.1 Å². The number of benzene rings is 2. The van der Waals surface area contributed by atoms with Crippen molar-refractivity contribution in [1.82, 2.24) is 0 Å². The molecule has 0 spiro atoms. The van der Waals surface area contributed by atoms with Crippen LogP contribution in [-0.4, -0.2) is 7.11 Å². The molecular formula is C19H24O. The second kappa shape index (κ2) is 6.13. The number of hydrogen-bond donors (Lipinski definition) is 0. The van der Waals surface area contributed by atoms with E-state index in [1.165, 1.54) is 22.3 Å². The molecule has 0 aliphatic rings. The summed E-state index contributed by atoms with van der Waals surface area (Å²) >= 11 is 0. The molecule has 0 fully saturated rings. The third kappa shape index (κ3) is 2.87. The molecule has 2 rings (SSSR count). The standard InChI is InChI=1S/C19H24O/c1-13(2)17-7-6-8-18(14(3)4)19(17)15-9-11-16(20-5)12-10-15/h6-14H,1-5H3. The third-order valence-electron chi connectivity index (χ3n) is 3.75. The molecule has 0 aliphatic carbocycles. The maximum absolute atomic E-state index is 5.26. The second-order valence-corrected chi connectivity index (χ2v) is 5.85. The molecule has 0 amide bonds. The second-order valence-electron chi connectivity index (χ2n) is 5.85. The van der Waals surface area contributed by atoms with Crippen molar-refractivity contribution in [2.45, 2.75) is 39.5 Å². The van der Waals surface area contributed by atoms with Crippen molar-refractivity contribution in [1.29, 1.82) is 0 Å². The maximum Gasteiger partial charge on any atom is 0.118 e. The molecule has 0 radical (unpaired) electrons. The summed E-state index contributed by atoms with van der Waals surface area (Å²) in [6.07, 6.45) is 0. The molecular weight excluding hydrogens is 244 g/mol. The van der Waals surface area contributed by atoms with E-state index in [2.05, 4.69) is 58.0 Å². The molecule has 1 nitrogen and oxygen atoms in total. The Labute approximate surface area is 122 Å². The lowest BCUT2D eigenvalue weighted by atomic mass is 9.85. The summed E-state index contributed by atoms with van der Waals surface area (Å²) in [7, 11) is 1.70. The van der Waals surface area contributed by atoms with Gasteiger partial charge in [0, 0.05) is 0 Å². The molecule has 20 heavy (non-hydrogen) atoms. The normalized spacial score (nSPS) is 11.2. The van der Waals surface area contributed by atoms with Gasteiger partial charge in [-0.25, -0.2) is 0 Å². The van der Waals surface area contributed by atoms with Crippen LogP contribution in [0.2, 0.25) is 0 Å². The molecule has 0 unspecified atom stereocenters. The minimum Gasteiger partial charge on any atom is -0.497 e. The van der Waals surface area contributed by atoms with Crippen LogP contribution in [0.1, 0.15) is 50.7 Å². The summed E-state index contributed by atoms with van der Waals surface area (Å²) in [4.78, 5) is 0. The first kappa shape index (κ1) is 14.6. The fraction of sp³-hybridized carbons (Fsp3) is 0.368. The molecule has 0 aliphatic heterocycles. The third-order valence-corrected chi connectivity index (χ3v) is 3.75. The lowest BCUT2D eigenvalue weighted by Crippen LogP contribution is -1.99. The first-order valence-electron chi connectivity index (χ1n) is 7.31. The van der Waals surface area contributed by atoms with Gasteiger partial charge in [-0.2, -0.15) is 0 Å². The van der Waals surface area contributed by atoms with E-state index in [1.807, 2.05) is 12.1 Å². The van der Waals surface area contributed by atoms with Gasteiger partial charge in [0.25, 0.3) is 0 Å². The number of rotatable bonds is 4.